The SMILES string of the molecule is Cc1cc(COc2ccccc2/C=C/C(=O)O)on1. The molecule has 0 bridgehead atoms. The van der Waals surface area contributed by atoms with Crippen LogP contribution in [0.4, 0.5) is 0 Å². The summed E-state index contributed by atoms with van der Waals surface area (Å²) in [5.41, 5.74) is 1.48. The Morgan fingerprint density at radius 1 is 1.47 bits per heavy atom. The van der Waals surface area contributed by atoms with E-state index >= 15 is 0 Å². The molecule has 0 spiro atoms. The lowest BCUT2D eigenvalue weighted by molar-refractivity contribution is -0.131. The van der Waals surface area contributed by atoms with Gasteiger partial charge in [0, 0.05) is 17.7 Å². The van der Waals surface area contributed by atoms with Crippen molar-refractivity contribution in [3.63, 3.8) is 0 Å². The lowest BCUT2D eigenvalue weighted by Gasteiger charge is -2.06. The van der Waals surface area contributed by atoms with Crippen molar-refractivity contribution >= 4 is 12.0 Å². The quantitative estimate of drug-likeness (QED) is 0.836. The molecule has 2 aromatic rings. The number of benzene rings is 1. The number of carboxylic acids is 1. The van der Waals surface area contributed by atoms with Crippen LogP contribution in [0.15, 0.2) is 40.9 Å². The van der Waals surface area contributed by atoms with Gasteiger partial charge in [-0.2, -0.15) is 0 Å². The van der Waals surface area contributed by atoms with E-state index in [9.17, 15) is 4.79 Å². The maximum absolute atomic E-state index is 10.5. The number of nitrogens with zero attached hydrogens (tertiary/aromatic N) is 1. The monoisotopic (exact) mass is 259 g/mol. The minimum atomic E-state index is -0.999. The first-order valence-electron chi connectivity index (χ1n) is 5.70. The maximum Gasteiger partial charge on any atom is 0.328 e. The van der Waals surface area contributed by atoms with E-state index in [-0.39, 0.29) is 6.61 Å². The van der Waals surface area contributed by atoms with E-state index in [1.54, 1.807) is 18.2 Å². The molecular formula is C14H13NO4. The zero-order valence-corrected chi connectivity index (χ0v) is 10.4. The van der Waals surface area contributed by atoms with Gasteiger partial charge >= 0.3 is 5.97 Å². The number of aromatic nitrogens is 1. The minimum absolute atomic E-state index is 0.249. The minimum Gasteiger partial charge on any atom is -0.485 e. The van der Waals surface area contributed by atoms with E-state index in [1.807, 2.05) is 19.1 Å². The van der Waals surface area contributed by atoms with Crippen molar-refractivity contribution in [2.45, 2.75) is 13.5 Å². The first-order chi connectivity index (χ1) is 9.15. The Morgan fingerprint density at radius 3 is 2.95 bits per heavy atom. The molecule has 1 N–H and O–H groups in total. The number of hydrogen-bond donors (Lipinski definition) is 1. The van der Waals surface area contributed by atoms with Crippen molar-refractivity contribution in [2.24, 2.45) is 0 Å². The van der Waals surface area contributed by atoms with Crippen LogP contribution in [0, 0.1) is 6.92 Å². The smallest absolute Gasteiger partial charge is 0.328 e. The Labute approximate surface area is 110 Å². The van der Waals surface area contributed by atoms with Crippen LogP contribution in [0.1, 0.15) is 17.0 Å². The Bertz CT molecular complexity index is 601. The molecule has 98 valence electrons. The Balaban J connectivity index is 2.09. The third kappa shape index (κ3) is 3.70. The molecule has 0 fully saturated rings. The highest BCUT2D eigenvalue weighted by Crippen LogP contribution is 2.20. The van der Waals surface area contributed by atoms with Crippen molar-refractivity contribution in [3.8, 4) is 5.75 Å². The normalized spacial score (nSPS) is 10.8. The summed E-state index contributed by atoms with van der Waals surface area (Å²) in [6, 6.07) is 8.97. The molecule has 2 rings (SSSR count). The summed E-state index contributed by atoms with van der Waals surface area (Å²) < 4.78 is 10.6. The van der Waals surface area contributed by atoms with Crippen LogP contribution >= 0.6 is 0 Å². The topological polar surface area (TPSA) is 72.6 Å². The van der Waals surface area contributed by atoms with Gasteiger partial charge in [-0.15, -0.1) is 0 Å². The molecule has 5 heteroatoms. The average Bonchev–Trinajstić information content (AvgIpc) is 2.80. The first-order valence-corrected chi connectivity index (χ1v) is 5.70. The van der Waals surface area contributed by atoms with Crippen LogP contribution in [-0.2, 0) is 11.4 Å². The van der Waals surface area contributed by atoms with Crippen molar-refractivity contribution in [1.29, 1.82) is 0 Å². The van der Waals surface area contributed by atoms with Gasteiger partial charge in [-0.05, 0) is 19.1 Å². The fourth-order valence-corrected chi connectivity index (χ4v) is 1.54. The van der Waals surface area contributed by atoms with E-state index in [2.05, 4.69) is 5.16 Å². The van der Waals surface area contributed by atoms with Crippen molar-refractivity contribution in [3.05, 3.63) is 53.4 Å². The largest absolute Gasteiger partial charge is 0.485 e. The summed E-state index contributed by atoms with van der Waals surface area (Å²) in [6.07, 6.45) is 2.56. The molecule has 0 aliphatic carbocycles. The first kappa shape index (κ1) is 12.9. The summed E-state index contributed by atoms with van der Waals surface area (Å²) in [5, 5.41) is 12.4. The van der Waals surface area contributed by atoms with Gasteiger partial charge in [0.15, 0.2) is 5.76 Å². The lowest BCUT2D eigenvalue weighted by atomic mass is 10.2. The van der Waals surface area contributed by atoms with Crippen LogP contribution in [0.5, 0.6) is 5.75 Å². The van der Waals surface area contributed by atoms with Crippen LogP contribution in [0.25, 0.3) is 6.08 Å². The molecule has 0 radical (unpaired) electrons. The van der Waals surface area contributed by atoms with Gasteiger partial charge in [0.1, 0.15) is 12.4 Å². The van der Waals surface area contributed by atoms with Gasteiger partial charge in [-0.25, -0.2) is 4.79 Å². The molecule has 0 aliphatic heterocycles. The standard InChI is InChI=1S/C14H13NO4/c1-10-8-12(19-15-10)9-18-13-5-3-2-4-11(13)6-7-14(16)17/h2-8H,9H2,1H3,(H,16,17)/b7-6+. The molecule has 0 saturated carbocycles. The highest BCUT2D eigenvalue weighted by atomic mass is 16.5. The van der Waals surface area contributed by atoms with E-state index < -0.39 is 5.97 Å². The molecule has 0 aliphatic rings. The fraction of sp³-hybridized carbons (Fsp3) is 0.143. The van der Waals surface area contributed by atoms with Gasteiger partial charge in [0.25, 0.3) is 0 Å². The Hall–Kier alpha value is -2.56. The second-order valence-electron chi connectivity index (χ2n) is 3.93. The van der Waals surface area contributed by atoms with Gasteiger partial charge in [0.2, 0.25) is 0 Å². The number of aryl methyl sites for hydroxylation is 1. The summed E-state index contributed by atoms with van der Waals surface area (Å²) in [5.74, 6) is 0.212. The Kier molecular flexibility index (Phi) is 3.97. The van der Waals surface area contributed by atoms with Crippen molar-refractivity contribution in [2.75, 3.05) is 0 Å². The van der Waals surface area contributed by atoms with E-state index in [0.717, 1.165) is 11.8 Å². The summed E-state index contributed by atoms with van der Waals surface area (Å²) >= 11 is 0. The van der Waals surface area contributed by atoms with Crippen LogP contribution < -0.4 is 4.74 Å². The molecule has 0 unspecified atom stereocenters. The summed E-state index contributed by atoms with van der Waals surface area (Å²) in [4.78, 5) is 10.5. The molecule has 0 atom stereocenters. The number of aliphatic carboxylic acids is 1. The summed E-state index contributed by atoms with van der Waals surface area (Å²) in [7, 11) is 0. The lowest BCUT2D eigenvalue weighted by Crippen LogP contribution is -1.96. The van der Waals surface area contributed by atoms with Crippen LogP contribution in [0.3, 0.4) is 0 Å². The molecule has 19 heavy (non-hydrogen) atoms. The fourth-order valence-electron chi connectivity index (χ4n) is 1.54. The van der Waals surface area contributed by atoms with Gasteiger partial charge in [0.05, 0.1) is 5.69 Å². The highest BCUT2D eigenvalue weighted by molar-refractivity contribution is 5.85. The summed E-state index contributed by atoms with van der Waals surface area (Å²) in [6.45, 7) is 2.08. The third-order valence-corrected chi connectivity index (χ3v) is 2.37. The zero-order chi connectivity index (χ0) is 13.7. The third-order valence-electron chi connectivity index (χ3n) is 2.37. The zero-order valence-electron chi connectivity index (χ0n) is 10.4. The molecule has 5 nitrogen and oxygen atoms in total. The van der Waals surface area contributed by atoms with Crippen LogP contribution in [0.2, 0.25) is 0 Å². The van der Waals surface area contributed by atoms with Crippen LogP contribution in [-0.4, -0.2) is 16.2 Å². The van der Waals surface area contributed by atoms with E-state index in [4.69, 9.17) is 14.4 Å². The number of para-hydroxylation sites is 1. The van der Waals surface area contributed by atoms with Crippen molar-refractivity contribution in [1.82, 2.24) is 5.16 Å². The van der Waals surface area contributed by atoms with E-state index in [1.165, 1.54) is 6.08 Å². The highest BCUT2D eigenvalue weighted by Gasteiger charge is 2.04. The number of carbonyl (C=O) groups is 1. The predicted molar refractivity (Wildman–Crippen MR) is 68.7 cm³/mol. The maximum atomic E-state index is 10.5. The number of ether oxygens (including phenoxy) is 1. The second kappa shape index (κ2) is 5.86. The second-order valence-corrected chi connectivity index (χ2v) is 3.93. The van der Waals surface area contributed by atoms with Gasteiger partial charge in [-0.3, -0.25) is 0 Å². The van der Waals surface area contributed by atoms with Gasteiger partial charge < -0.3 is 14.4 Å². The van der Waals surface area contributed by atoms with E-state index in [0.29, 0.717) is 17.1 Å². The number of hydrogen-bond acceptors (Lipinski definition) is 4. The Morgan fingerprint density at radius 2 is 2.26 bits per heavy atom. The molecule has 1 heterocycles. The molecule has 0 amide bonds. The molecule has 1 aromatic carbocycles. The number of rotatable bonds is 5. The molecule has 1 aromatic heterocycles. The number of carboxylic acid groups (broad SMARTS) is 1. The average molecular weight is 259 g/mol. The molecule has 0 saturated heterocycles. The molecular weight excluding hydrogens is 246 g/mol. The predicted octanol–water partition coefficient (Wildman–Crippen LogP) is 2.66. The van der Waals surface area contributed by atoms with Crippen molar-refractivity contribution < 1.29 is 19.2 Å². The van der Waals surface area contributed by atoms with Gasteiger partial charge in [-0.1, -0.05) is 23.4 Å².